The van der Waals surface area contributed by atoms with Crippen LogP contribution in [0.1, 0.15) is 57.8 Å². The van der Waals surface area contributed by atoms with E-state index >= 15 is 0 Å². The minimum Gasteiger partial charge on any atom is -0.309 e. The lowest BCUT2D eigenvalue weighted by atomic mass is 9.87. The van der Waals surface area contributed by atoms with Crippen LogP contribution in [-0.2, 0) is 0 Å². The van der Waals surface area contributed by atoms with Gasteiger partial charge in [0.05, 0.1) is 0 Å². The Morgan fingerprint density at radius 3 is 2.53 bits per heavy atom. The van der Waals surface area contributed by atoms with E-state index in [0.29, 0.717) is 5.54 Å². The molecule has 1 spiro atoms. The quantitative estimate of drug-likeness (QED) is 0.793. The Morgan fingerprint density at radius 1 is 1.00 bits per heavy atom. The van der Waals surface area contributed by atoms with E-state index in [0.717, 1.165) is 5.92 Å². The van der Waals surface area contributed by atoms with Crippen molar-refractivity contribution in [3.05, 3.63) is 0 Å². The zero-order valence-corrected chi connectivity index (χ0v) is 11.2. The standard InChI is InChI=1S/C15H28N2/c1-2-6-14(7-3-1)12-17-11-10-16-15(13-17)8-4-5-9-15/h14,16H,1-13H2. The second-order valence-corrected chi connectivity index (χ2v) is 6.65. The van der Waals surface area contributed by atoms with Gasteiger partial charge in [-0.05, 0) is 31.6 Å². The largest absolute Gasteiger partial charge is 0.309 e. The van der Waals surface area contributed by atoms with Crippen LogP contribution >= 0.6 is 0 Å². The highest BCUT2D eigenvalue weighted by Crippen LogP contribution is 2.33. The van der Waals surface area contributed by atoms with Crippen molar-refractivity contribution >= 4 is 0 Å². The van der Waals surface area contributed by atoms with Crippen LogP contribution in [0.3, 0.4) is 0 Å². The lowest BCUT2D eigenvalue weighted by Gasteiger charge is -2.43. The summed E-state index contributed by atoms with van der Waals surface area (Å²) in [5.41, 5.74) is 0.521. The second-order valence-electron chi connectivity index (χ2n) is 6.65. The predicted octanol–water partition coefficient (Wildman–Crippen LogP) is 2.78. The summed E-state index contributed by atoms with van der Waals surface area (Å²) in [5, 5.41) is 3.82. The van der Waals surface area contributed by atoms with Gasteiger partial charge < -0.3 is 5.32 Å². The fraction of sp³-hybridized carbons (Fsp3) is 1.00. The third-order valence-electron chi connectivity index (χ3n) is 5.26. The second kappa shape index (κ2) is 5.27. The molecule has 3 rings (SSSR count). The van der Waals surface area contributed by atoms with Crippen LogP contribution in [0.5, 0.6) is 0 Å². The van der Waals surface area contributed by atoms with Gasteiger partial charge in [-0.15, -0.1) is 0 Å². The van der Waals surface area contributed by atoms with Gasteiger partial charge in [0.2, 0.25) is 0 Å². The van der Waals surface area contributed by atoms with Gasteiger partial charge in [0.25, 0.3) is 0 Å². The van der Waals surface area contributed by atoms with Gasteiger partial charge in [0.15, 0.2) is 0 Å². The molecule has 2 saturated carbocycles. The monoisotopic (exact) mass is 236 g/mol. The van der Waals surface area contributed by atoms with E-state index in [4.69, 9.17) is 0 Å². The molecule has 3 fully saturated rings. The van der Waals surface area contributed by atoms with Crippen molar-refractivity contribution in [2.45, 2.75) is 63.3 Å². The van der Waals surface area contributed by atoms with E-state index < -0.39 is 0 Å². The number of hydrogen-bond donors (Lipinski definition) is 1. The summed E-state index contributed by atoms with van der Waals surface area (Å²) in [5.74, 6) is 1.01. The summed E-state index contributed by atoms with van der Waals surface area (Å²) in [6.45, 7) is 5.25. The molecule has 3 aliphatic rings. The number of nitrogens with one attached hydrogen (secondary N) is 1. The summed E-state index contributed by atoms with van der Waals surface area (Å²) in [6, 6.07) is 0. The van der Waals surface area contributed by atoms with Gasteiger partial charge in [0, 0.05) is 31.7 Å². The molecule has 1 heterocycles. The Morgan fingerprint density at radius 2 is 1.76 bits per heavy atom. The molecule has 1 saturated heterocycles. The highest BCUT2D eigenvalue weighted by Gasteiger charge is 2.37. The lowest BCUT2D eigenvalue weighted by Crippen LogP contribution is -2.59. The number of nitrogens with zero attached hydrogens (tertiary/aromatic N) is 1. The molecule has 0 radical (unpaired) electrons. The molecule has 17 heavy (non-hydrogen) atoms. The minimum atomic E-state index is 0.521. The normalized spacial score (nSPS) is 31.1. The molecule has 0 aromatic heterocycles. The van der Waals surface area contributed by atoms with Crippen LogP contribution in [0.2, 0.25) is 0 Å². The molecule has 0 atom stereocenters. The van der Waals surface area contributed by atoms with Crippen molar-refractivity contribution in [1.29, 1.82) is 0 Å². The third kappa shape index (κ3) is 2.85. The van der Waals surface area contributed by atoms with Crippen molar-refractivity contribution in [2.24, 2.45) is 5.92 Å². The molecule has 0 aromatic carbocycles. The van der Waals surface area contributed by atoms with Gasteiger partial charge in [-0.3, -0.25) is 4.90 Å². The highest BCUT2D eigenvalue weighted by atomic mass is 15.2. The van der Waals surface area contributed by atoms with E-state index in [2.05, 4.69) is 10.2 Å². The van der Waals surface area contributed by atoms with E-state index in [-0.39, 0.29) is 0 Å². The van der Waals surface area contributed by atoms with Crippen molar-refractivity contribution < 1.29 is 0 Å². The molecular formula is C15H28N2. The summed E-state index contributed by atoms with van der Waals surface area (Å²) >= 11 is 0. The van der Waals surface area contributed by atoms with Crippen molar-refractivity contribution in [2.75, 3.05) is 26.2 Å². The molecule has 0 bridgehead atoms. The molecule has 98 valence electrons. The maximum atomic E-state index is 3.82. The smallest absolute Gasteiger partial charge is 0.0309 e. The molecular weight excluding hydrogens is 208 g/mol. The fourth-order valence-corrected chi connectivity index (χ4v) is 4.32. The SMILES string of the molecule is C1CCC(CN2CCNC3(CCCC3)C2)CC1. The van der Waals surface area contributed by atoms with E-state index in [1.54, 1.807) is 0 Å². The Hall–Kier alpha value is -0.0800. The lowest BCUT2D eigenvalue weighted by molar-refractivity contribution is 0.109. The maximum absolute atomic E-state index is 3.82. The number of hydrogen-bond acceptors (Lipinski definition) is 2. The Labute approximate surface area is 106 Å². The summed E-state index contributed by atoms with van der Waals surface area (Å²) in [7, 11) is 0. The molecule has 1 aliphatic heterocycles. The van der Waals surface area contributed by atoms with Gasteiger partial charge >= 0.3 is 0 Å². The Bertz CT molecular complexity index is 239. The molecule has 1 N–H and O–H groups in total. The number of piperazine rings is 1. The molecule has 2 nitrogen and oxygen atoms in total. The predicted molar refractivity (Wildman–Crippen MR) is 72.2 cm³/mol. The first kappa shape index (κ1) is 12.0. The zero-order valence-electron chi connectivity index (χ0n) is 11.2. The van der Waals surface area contributed by atoms with Gasteiger partial charge in [-0.25, -0.2) is 0 Å². The van der Waals surface area contributed by atoms with Gasteiger partial charge in [-0.1, -0.05) is 32.1 Å². The zero-order chi connectivity index (χ0) is 11.6. The first-order chi connectivity index (χ1) is 8.36. The molecule has 2 heteroatoms. The number of rotatable bonds is 2. The first-order valence-corrected chi connectivity index (χ1v) is 7.84. The third-order valence-corrected chi connectivity index (χ3v) is 5.26. The fourth-order valence-electron chi connectivity index (χ4n) is 4.32. The minimum absolute atomic E-state index is 0.521. The van der Waals surface area contributed by atoms with E-state index in [9.17, 15) is 0 Å². The molecule has 0 unspecified atom stereocenters. The molecule has 2 aliphatic carbocycles. The van der Waals surface area contributed by atoms with Crippen molar-refractivity contribution in [3.63, 3.8) is 0 Å². The van der Waals surface area contributed by atoms with Crippen LogP contribution in [0.15, 0.2) is 0 Å². The van der Waals surface area contributed by atoms with Gasteiger partial charge in [0.1, 0.15) is 0 Å². The van der Waals surface area contributed by atoms with E-state index in [1.807, 2.05) is 0 Å². The summed E-state index contributed by atoms with van der Waals surface area (Å²) < 4.78 is 0. The van der Waals surface area contributed by atoms with Crippen LogP contribution < -0.4 is 5.32 Å². The summed E-state index contributed by atoms with van der Waals surface area (Å²) in [4.78, 5) is 2.78. The van der Waals surface area contributed by atoms with E-state index in [1.165, 1.54) is 84.0 Å². The van der Waals surface area contributed by atoms with Crippen molar-refractivity contribution in [3.8, 4) is 0 Å². The van der Waals surface area contributed by atoms with Crippen LogP contribution in [0.4, 0.5) is 0 Å². The van der Waals surface area contributed by atoms with Crippen molar-refractivity contribution in [1.82, 2.24) is 10.2 Å². The first-order valence-electron chi connectivity index (χ1n) is 7.84. The average Bonchev–Trinajstić information content (AvgIpc) is 2.79. The van der Waals surface area contributed by atoms with Gasteiger partial charge in [-0.2, -0.15) is 0 Å². The van der Waals surface area contributed by atoms with Crippen LogP contribution in [-0.4, -0.2) is 36.6 Å². The summed E-state index contributed by atoms with van der Waals surface area (Å²) in [6.07, 6.45) is 13.2. The topological polar surface area (TPSA) is 15.3 Å². The maximum Gasteiger partial charge on any atom is 0.0309 e. The Balaban J connectivity index is 1.52. The highest BCUT2D eigenvalue weighted by molar-refractivity contribution is 4.98. The molecule has 0 amide bonds. The molecule has 0 aromatic rings. The van der Waals surface area contributed by atoms with Crippen LogP contribution in [0, 0.1) is 5.92 Å². The Kier molecular flexibility index (Phi) is 3.72. The average molecular weight is 236 g/mol. The van der Waals surface area contributed by atoms with Crippen LogP contribution in [0.25, 0.3) is 0 Å².